The van der Waals surface area contributed by atoms with Crippen LogP contribution in [-0.2, 0) is 4.79 Å². The molecule has 1 saturated heterocycles. The monoisotopic (exact) mass is 317 g/mol. The minimum absolute atomic E-state index is 0.280. The van der Waals surface area contributed by atoms with E-state index in [1.54, 1.807) is 12.4 Å². The zero-order chi connectivity index (χ0) is 16.1. The highest BCUT2D eigenvalue weighted by Gasteiger charge is 2.36. The van der Waals surface area contributed by atoms with E-state index in [9.17, 15) is 9.90 Å². The fourth-order valence-corrected chi connectivity index (χ4v) is 4.11. The Balaban J connectivity index is 1.55. The fraction of sp³-hybridized carbons (Fsp3) is 0.667. The van der Waals surface area contributed by atoms with Gasteiger partial charge in [-0.15, -0.1) is 0 Å². The van der Waals surface area contributed by atoms with Crippen molar-refractivity contribution in [2.45, 2.75) is 57.0 Å². The number of carbonyl (C=O) groups is 1. The molecule has 5 nitrogen and oxygen atoms in total. The van der Waals surface area contributed by atoms with Gasteiger partial charge in [-0.25, -0.2) is 0 Å². The molecule has 1 saturated carbocycles. The second-order valence-electron chi connectivity index (χ2n) is 6.87. The lowest BCUT2D eigenvalue weighted by Crippen LogP contribution is -2.51. The number of hydrogen-bond acceptors (Lipinski definition) is 4. The molecule has 0 radical (unpaired) electrons. The zero-order valence-corrected chi connectivity index (χ0v) is 13.7. The Hall–Kier alpha value is -1.62. The summed E-state index contributed by atoms with van der Waals surface area (Å²) in [7, 11) is 0. The summed E-state index contributed by atoms with van der Waals surface area (Å²) >= 11 is 0. The van der Waals surface area contributed by atoms with Crippen LogP contribution in [0, 0.1) is 5.92 Å². The number of nitrogens with zero attached hydrogens (tertiary/aromatic N) is 2. The van der Waals surface area contributed by atoms with Gasteiger partial charge in [0.15, 0.2) is 0 Å². The highest BCUT2D eigenvalue weighted by molar-refractivity contribution is 5.74. The molecule has 0 aromatic carbocycles. The largest absolute Gasteiger partial charge is 0.480 e. The number of nitrogens with one attached hydrogen (secondary N) is 1. The Morgan fingerprint density at radius 1 is 1.13 bits per heavy atom. The Labute approximate surface area is 138 Å². The fourth-order valence-electron chi connectivity index (χ4n) is 4.11. The molecule has 0 spiro atoms. The molecule has 2 aliphatic rings. The molecule has 126 valence electrons. The Morgan fingerprint density at radius 3 is 2.39 bits per heavy atom. The second-order valence-corrected chi connectivity index (χ2v) is 6.87. The lowest BCUT2D eigenvalue weighted by Gasteiger charge is -2.40. The molecule has 1 aliphatic heterocycles. The summed E-state index contributed by atoms with van der Waals surface area (Å²) in [5.41, 5.74) is 1.10. The molecule has 1 unspecified atom stereocenters. The van der Waals surface area contributed by atoms with Gasteiger partial charge in [-0.05, 0) is 43.7 Å². The lowest BCUT2D eigenvalue weighted by molar-refractivity contribution is -0.146. The number of hydrogen-bond donors (Lipinski definition) is 2. The van der Waals surface area contributed by atoms with Gasteiger partial charge >= 0.3 is 5.97 Å². The topological polar surface area (TPSA) is 65.5 Å². The highest BCUT2D eigenvalue weighted by atomic mass is 16.4. The van der Waals surface area contributed by atoms with Gasteiger partial charge in [0.1, 0.15) is 6.04 Å². The standard InChI is InChI=1S/C18H27N3O2/c22-18(23)17(14-4-2-1-3-5-14)21-12-8-16(9-13-21)20-15-6-10-19-11-7-15/h6-7,10-11,14,16-17H,1-5,8-9,12-13H2,(H,19,20)(H,22,23). The van der Waals surface area contributed by atoms with Crippen molar-refractivity contribution in [3.63, 3.8) is 0 Å². The van der Waals surface area contributed by atoms with Gasteiger partial charge in [0.05, 0.1) is 0 Å². The van der Waals surface area contributed by atoms with Crippen molar-refractivity contribution in [2.75, 3.05) is 18.4 Å². The van der Waals surface area contributed by atoms with Crippen LogP contribution in [0.5, 0.6) is 0 Å². The van der Waals surface area contributed by atoms with Gasteiger partial charge in [0.2, 0.25) is 0 Å². The van der Waals surface area contributed by atoms with Crippen LogP contribution in [0.1, 0.15) is 44.9 Å². The van der Waals surface area contributed by atoms with Crippen molar-refractivity contribution in [1.82, 2.24) is 9.88 Å². The first-order valence-corrected chi connectivity index (χ1v) is 8.87. The van der Waals surface area contributed by atoms with Crippen LogP contribution in [0.25, 0.3) is 0 Å². The van der Waals surface area contributed by atoms with Crippen molar-refractivity contribution in [3.8, 4) is 0 Å². The van der Waals surface area contributed by atoms with Gasteiger partial charge in [0.25, 0.3) is 0 Å². The average Bonchev–Trinajstić information content (AvgIpc) is 2.58. The smallest absolute Gasteiger partial charge is 0.321 e. The number of piperidine rings is 1. The Morgan fingerprint density at radius 2 is 1.78 bits per heavy atom. The third-order valence-corrected chi connectivity index (χ3v) is 5.32. The van der Waals surface area contributed by atoms with E-state index in [-0.39, 0.29) is 6.04 Å². The van der Waals surface area contributed by atoms with Crippen LogP contribution in [-0.4, -0.2) is 46.1 Å². The van der Waals surface area contributed by atoms with Crippen LogP contribution < -0.4 is 5.32 Å². The maximum Gasteiger partial charge on any atom is 0.321 e. The molecule has 1 atom stereocenters. The van der Waals surface area contributed by atoms with E-state index in [2.05, 4.69) is 15.2 Å². The maximum atomic E-state index is 11.8. The van der Waals surface area contributed by atoms with Crippen molar-refractivity contribution in [2.24, 2.45) is 5.92 Å². The van der Waals surface area contributed by atoms with Crippen LogP contribution >= 0.6 is 0 Å². The zero-order valence-electron chi connectivity index (χ0n) is 13.7. The third kappa shape index (κ3) is 4.22. The van der Waals surface area contributed by atoms with E-state index >= 15 is 0 Å². The van der Waals surface area contributed by atoms with E-state index in [1.165, 1.54) is 19.3 Å². The highest BCUT2D eigenvalue weighted by Crippen LogP contribution is 2.31. The summed E-state index contributed by atoms with van der Waals surface area (Å²) in [4.78, 5) is 18.0. The number of anilines is 1. The Kier molecular flexibility index (Phi) is 5.49. The number of aromatic nitrogens is 1. The third-order valence-electron chi connectivity index (χ3n) is 5.32. The first-order valence-electron chi connectivity index (χ1n) is 8.87. The summed E-state index contributed by atoms with van der Waals surface area (Å²) in [5.74, 6) is -0.289. The van der Waals surface area contributed by atoms with Gasteiger partial charge in [-0.3, -0.25) is 14.7 Å². The molecular weight excluding hydrogens is 290 g/mol. The number of carboxylic acids is 1. The van der Waals surface area contributed by atoms with E-state index in [0.717, 1.165) is 44.5 Å². The molecule has 1 aromatic heterocycles. The first-order chi connectivity index (χ1) is 11.2. The second kappa shape index (κ2) is 7.77. The molecule has 5 heteroatoms. The molecule has 0 amide bonds. The molecule has 2 fully saturated rings. The first kappa shape index (κ1) is 16.2. The van der Waals surface area contributed by atoms with Crippen molar-refractivity contribution >= 4 is 11.7 Å². The summed E-state index contributed by atoms with van der Waals surface area (Å²) in [6, 6.07) is 4.11. The summed E-state index contributed by atoms with van der Waals surface area (Å²) in [5, 5.41) is 13.2. The number of rotatable bonds is 5. The number of likely N-dealkylation sites (tertiary alicyclic amines) is 1. The number of pyridine rings is 1. The number of aliphatic carboxylic acids is 1. The maximum absolute atomic E-state index is 11.8. The van der Waals surface area contributed by atoms with Crippen molar-refractivity contribution in [1.29, 1.82) is 0 Å². The lowest BCUT2D eigenvalue weighted by atomic mass is 9.82. The predicted octanol–water partition coefficient (Wildman–Crippen LogP) is 2.99. The molecule has 3 rings (SSSR count). The van der Waals surface area contributed by atoms with Crippen LogP contribution in [0.3, 0.4) is 0 Å². The van der Waals surface area contributed by atoms with E-state index in [1.807, 2.05) is 12.1 Å². The van der Waals surface area contributed by atoms with E-state index in [0.29, 0.717) is 12.0 Å². The quantitative estimate of drug-likeness (QED) is 0.874. The van der Waals surface area contributed by atoms with Crippen LogP contribution in [0.4, 0.5) is 5.69 Å². The predicted molar refractivity (Wildman–Crippen MR) is 90.5 cm³/mol. The minimum Gasteiger partial charge on any atom is -0.480 e. The summed E-state index contributed by atoms with van der Waals surface area (Å²) in [6.45, 7) is 1.74. The van der Waals surface area contributed by atoms with Gasteiger partial charge in [-0.1, -0.05) is 19.3 Å². The SMILES string of the molecule is O=C(O)C(C1CCCCC1)N1CCC(Nc2ccncc2)CC1. The normalized spacial score (nSPS) is 22.6. The van der Waals surface area contributed by atoms with Crippen molar-refractivity contribution < 1.29 is 9.90 Å². The van der Waals surface area contributed by atoms with E-state index < -0.39 is 5.97 Å². The molecule has 1 aliphatic carbocycles. The molecule has 23 heavy (non-hydrogen) atoms. The summed E-state index contributed by atoms with van der Waals surface area (Å²) < 4.78 is 0. The molecule has 2 heterocycles. The van der Waals surface area contributed by atoms with Gasteiger partial charge in [-0.2, -0.15) is 0 Å². The molecule has 1 aromatic rings. The van der Waals surface area contributed by atoms with Crippen LogP contribution in [0.2, 0.25) is 0 Å². The van der Waals surface area contributed by atoms with Gasteiger partial charge in [0, 0.05) is 37.2 Å². The van der Waals surface area contributed by atoms with Gasteiger partial charge < -0.3 is 10.4 Å². The Bertz CT molecular complexity index is 494. The molecule has 2 N–H and O–H groups in total. The molecular formula is C18H27N3O2. The van der Waals surface area contributed by atoms with E-state index in [4.69, 9.17) is 0 Å². The average molecular weight is 317 g/mol. The summed E-state index contributed by atoms with van der Waals surface area (Å²) in [6.07, 6.45) is 11.4. The molecule has 0 bridgehead atoms. The minimum atomic E-state index is -0.627. The number of carboxylic acid groups (broad SMARTS) is 1. The van der Waals surface area contributed by atoms with Crippen molar-refractivity contribution in [3.05, 3.63) is 24.5 Å². The van der Waals surface area contributed by atoms with Crippen LogP contribution in [0.15, 0.2) is 24.5 Å².